The summed E-state index contributed by atoms with van der Waals surface area (Å²) in [5.74, 6) is 9.00. The van der Waals surface area contributed by atoms with E-state index in [-0.39, 0.29) is 35.6 Å². The third-order valence-electron chi connectivity index (χ3n) is 18.4. The van der Waals surface area contributed by atoms with Crippen molar-refractivity contribution in [3.05, 3.63) is 102 Å². The average Bonchev–Trinajstić information content (AvgIpc) is 4.14. The summed E-state index contributed by atoms with van der Waals surface area (Å²) in [5.41, 5.74) is 0.419. The first-order valence-corrected chi connectivity index (χ1v) is 25.7. The summed E-state index contributed by atoms with van der Waals surface area (Å²) in [7, 11) is 8.97. The van der Waals surface area contributed by atoms with Crippen LogP contribution in [0.2, 0.25) is 0 Å². The minimum atomic E-state index is -1.62. The van der Waals surface area contributed by atoms with Gasteiger partial charge < -0.3 is 53.9 Å². The van der Waals surface area contributed by atoms with Crippen LogP contribution in [0.1, 0.15) is 70.1 Å². The minimum absolute atomic E-state index is 0.0150. The van der Waals surface area contributed by atoms with Crippen LogP contribution in [0, 0.1) is 35.0 Å². The monoisotopic (exact) mass is 999 g/mol. The van der Waals surface area contributed by atoms with Crippen molar-refractivity contribution in [2.45, 2.75) is 118 Å². The Balaban J connectivity index is 0.000000173. The molecule has 0 bridgehead atoms. The number of aliphatic hydroxyl groups excluding tert-OH is 2. The van der Waals surface area contributed by atoms with Crippen LogP contribution >= 0.6 is 0 Å². The van der Waals surface area contributed by atoms with Gasteiger partial charge in [0.1, 0.15) is 34.6 Å². The molecule has 4 N–H and O–H groups in total. The summed E-state index contributed by atoms with van der Waals surface area (Å²) in [6.45, 7) is 10.7. The van der Waals surface area contributed by atoms with Gasteiger partial charge in [-0.25, -0.2) is 0 Å². The van der Waals surface area contributed by atoms with Gasteiger partial charge in [0.15, 0.2) is 0 Å². The number of methoxy groups -OCH3 is 3. The number of terminal acetylenes is 1. The Hall–Kier alpha value is -5.55. The second-order valence-corrected chi connectivity index (χ2v) is 21.3. The molecule has 2 saturated carbocycles. The maximum atomic E-state index is 13.1. The lowest BCUT2D eigenvalue weighted by atomic mass is 9.48. The van der Waals surface area contributed by atoms with Gasteiger partial charge in [0, 0.05) is 91.4 Å². The number of ether oxygens (including phenoxy) is 5. The molecule has 2 aliphatic carbocycles. The number of esters is 1. The Kier molecular flexibility index (Phi) is 14.1. The smallest absolute Gasteiger partial charge is 0.303 e. The van der Waals surface area contributed by atoms with Crippen LogP contribution in [-0.4, -0.2) is 159 Å². The van der Waals surface area contributed by atoms with Gasteiger partial charge in [0.25, 0.3) is 0 Å². The highest BCUT2D eigenvalue weighted by Crippen LogP contribution is 2.69. The first-order valence-electron chi connectivity index (χ1n) is 25.7. The normalized spacial score (nSPS) is 35.5. The van der Waals surface area contributed by atoms with Crippen molar-refractivity contribution in [1.29, 1.82) is 0 Å². The number of carbonyl (C=O) groups is 1. The number of hydrogen-bond donors (Lipinski definition) is 4. The third kappa shape index (κ3) is 7.45. The van der Waals surface area contributed by atoms with E-state index in [2.05, 4.69) is 93.7 Å². The molecule has 11 rings (SSSR count). The van der Waals surface area contributed by atoms with Gasteiger partial charge in [-0.1, -0.05) is 68.3 Å². The molecule has 6 aliphatic heterocycles. The highest BCUT2D eigenvalue weighted by Gasteiger charge is 2.79. The van der Waals surface area contributed by atoms with Gasteiger partial charge >= 0.3 is 5.97 Å². The van der Waals surface area contributed by atoms with Crippen LogP contribution in [0.3, 0.4) is 0 Å². The molecule has 14 nitrogen and oxygen atoms in total. The van der Waals surface area contributed by atoms with Crippen LogP contribution in [0.15, 0.2) is 85.0 Å². The quantitative estimate of drug-likeness (QED) is 0.113. The van der Waals surface area contributed by atoms with Gasteiger partial charge in [-0.05, 0) is 98.5 Å². The van der Waals surface area contributed by atoms with Crippen molar-refractivity contribution in [2.75, 3.05) is 84.6 Å². The fourth-order valence-electron chi connectivity index (χ4n) is 16.0. The second kappa shape index (κ2) is 19.6. The number of carbonyl (C=O) groups excluding carboxylic acids is 1. The zero-order valence-corrected chi connectivity index (χ0v) is 43.9. The molecule has 3 aromatic rings. The largest absolute Gasteiger partial charge is 0.497 e. The Labute approximate surface area is 431 Å². The number of rotatable bonds is 11. The Morgan fingerprint density at radius 1 is 0.740 bits per heavy atom. The third-order valence-corrected chi connectivity index (χ3v) is 18.4. The van der Waals surface area contributed by atoms with Crippen molar-refractivity contribution in [1.82, 2.24) is 9.80 Å². The van der Waals surface area contributed by atoms with Crippen molar-refractivity contribution in [3.63, 3.8) is 0 Å². The predicted octanol–water partition coefficient (Wildman–Crippen LogP) is 5.23. The van der Waals surface area contributed by atoms with Crippen LogP contribution in [0.5, 0.6) is 17.2 Å². The summed E-state index contributed by atoms with van der Waals surface area (Å²) in [4.78, 5) is 21.9. The molecule has 6 heterocycles. The van der Waals surface area contributed by atoms with Gasteiger partial charge in [-0.3, -0.25) is 14.6 Å². The van der Waals surface area contributed by atoms with E-state index in [9.17, 15) is 25.2 Å². The molecule has 8 aliphatic rings. The SMILES string of the molecule is C#CC#CC.CC[C@]12C=CCN3CC[C@@]4(c5ccc(OC)cc5N(C)[C@H]4[C@@](O)(CO)[C@@H]1O)[C@@H]32.CC[C@]12C=CCN3CC[C@@]4(c5ccc(OC)cc5N(C)[C@H]4[C@@](O)(COCc4ccc(OC)cc4)[C@@H]1OC(C)=O)[C@@H]32. The van der Waals surface area contributed by atoms with Crippen molar-refractivity contribution >= 4 is 17.3 Å². The van der Waals surface area contributed by atoms with E-state index in [4.69, 9.17) is 30.1 Å². The van der Waals surface area contributed by atoms with E-state index < -0.39 is 52.9 Å². The van der Waals surface area contributed by atoms with E-state index in [1.165, 1.54) is 18.1 Å². The Morgan fingerprint density at radius 3 is 1.68 bits per heavy atom. The molecule has 73 heavy (non-hydrogen) atoms. The maximum Gasteiger partial charge on any atom is 0.303 e. The van der Waals surface area contributed by atoms with Crippen molar-refractivity contribution < 1.29 is 48.9 Å². The molecule has 12 atom stereocenters. The number of benzene rings is 3. The van der Waals surface area contributed by atoms with E-state index >= 15 is 0 Å². The Bertz CT molecular complexity index is 2730. The van der Waals surface area contributed by atoms with Gasteiger partial charge in [-0.2, -0.15) is 0 Å². The molecule has 0 radical (unpaired) electrons. The Morgan fingerprint density at radius 2 is 1.23 bits per heavy atom. The lowest BCUT2D eigenvalue weighted by Gasteiger charge is -2.64. The zero-order valence-electron chi connectivity index (χ0n) is 43.9. The molecule has 2 spiro atoms. The lowest BCUT2D eigenvalue weighted by molar-refractivity contribution is -0.234. The number of fused-ring (bicyclic) bond motifs is 2. The molecule has 3 aromatic carbocycles. The number of likely N-dealkylation sites (N-methyl/N-ethyl adjacent to an activating group) is 2. The first-order chi connectivity index (χ1) is 35.1. The first kappa shape index (κ1) is 52.3. The summed E-state index contributed by atoms with van der Waals surface area (Å²) >= 11 is 0. The molecule has 14 heteroatoms. The molecule has 0 unspecified atom stereocenters. The lowest BCUT2D eigenvalue weighted by Crippen LogP contribution is -2.80. The fraction of sp³-hybridized carbons (Fsp3) is 0.542. The van der Waals surface area contributed by atoms with E-state index in [1.54, 1.807) is 28.3 Å². The van der Waals surface area contributed by atoms with Gasteiger partial charge in [0.2, 0.25) is 0 Å². The molecule has 0 amide bonds. The number of nitrogens with zero attached hydrogens (tertiary/aromatic N) is 4. The van der Waals surface area contributed by atoms with E-state index in [1.807, 2.05) is 56.6 Å². The fourth-order valence-corrected chi connectivity index (χ4v) is 16.0. The highest BCUT2D eigenvalue weighted by atomic mass is 16.6. The van der Waals surface area contributed by atoms with Gasteiger partial charge in [0.05, 0.1) is 59.3 Å². The average molecular weight is 999 g/mol. The number of anilines is 2. The predicted molar refractivity (Wildman–Crippen MR) is 281 cm³/mol. The van der Waals surface area contributed by atoms with Crippen molar-refractivity contribution in [2.24, 2.45) is 10.8 Å². The molecule has 4 fully saturated rings. The minimum Gasteiger partial charge on any atom is -0.497 e. The van der Waals surface area contributed by atoms with Crippen molar-refractivity contribution in [3.8, 4) is 41.4 Å². The van der Waals surface area contributed by atoms with Crippen LogP contribution < -0.4 is 24.0 Å². The number of aliphatic hydroxyl groups is 4. The molecular formula is C59H74N4O10. The summed E-state index contributed by atoms with van der Waals surface area (Å²) in [5, 5.41) is 46.8. The van der Waals surface area contributed by atoms with E-state index in [0.717, 1.165) is 73.2 Å². The van der Waals surface area contributed by atoms with Crippen LogP contribution in [-0.2, 0) is 31.7 Å². The maximum absolute atomic E-state index is 13.1. The van der Waals surface area contributed by atoms with Gasteiger partial charge in [-0.15, -0.1) is 6.42 Å². The molecule has 0 aromatic heterocycles. The second-order valence-electron chi connectivity index (χ2n) is 21.3. The van der Waals surface area contributed by atoms with Crippen LogP contribution in [0.4, 0.5) is 11.4 Å². The summed E-state index contributed by atoms with van der Waals surface area (Å²) in [6.07, 6.45) is 14.7. The van der Waals surface area contributed by atoms with E-state index in [0.29, 0.717) is 19.4 Å². The molecule has 390 valence electrons. The molecule has 2 saturated heterocycles. The van der Waals surface area contributed by atoms with Crippen LogP contribution in [0.25, 0.3) is 0 Å². The highest BCUT2D eigenvalue weighted by molar-refractivity contribution is 5.72. The standard InChI is InChI=1S/C32H40N2O6.C22H30N2O4.C5H4/c1-6-30-14-7-16-34-17-15-31(27(30)34)25-13-12-24(38-5)18-26(25)33(3)28(31)32(36,29(30)40-21(2)35)20-39-19-22-8-10-23(37-4)11-9-22;1-4-20-8-5-10-24-11-9-21(17(20)24)15-7-6-14(28-3)12-16(15)23(2)18(21)22(27,13-25)19(20)26;1-3-5-4-2/h7-14,18,27-29,36H,6,15-17,19-20H2,1-5H3;5-8,12,17-19,25-27H,4,9-11,13H2,1-3H3;1H,2H3/t27-,28+,29+,30+,31+,32-;17-,18+,19+,20+,21+,22-;/m00./s1. The summed E-state index contributed by atoms with van der Waals surface area (Å²) < 4.78 is 28.9. The number of hydrogen-bond acceptors (Lipinski definition) is 14. The zero-order chi connectivity index (χ0) is 52.3. The topological polar surface area (TPSA) is 157 Å². The summed E-state index contributed by atoms with van der Waals surface area (Å²) in [6, 6.07) is 19.5. The molecular weight excluding hydrogens is 925 g/mol.